The van der Waals surface area contributed by atoms with E-state index in [-0.39, 0.29) is 11.5 Å². The molecule has 0 atom stereocenters. The van der Waals surface area contributed by atoms with Crippen molar-refractivity contribution in [2.75, 3.05) is 23.4 Å². The molecule has 2 heterocycles. The molecule has 92 valence electrons. The molecule has 1 aromatic rings. The van der Waals surface area contributed by atoms with Crippen LogP contribution < -0.4 is 10.1 Å². The summed E-state index contributed by atoms with van der Waals surface area (Å²) in [6.45, 7) is 2.78. The van der Waals surface area contributed by atoms with Crippen LogP contribution in [0, 0.1) is 0 Å². The highest BCUT2D eigenvalue weighted by atomic mass is 32.2. The highest BCUT2D eigenvalue weighted by Crippen LogP contribution is 2.36. The first-order valence-electron chi connectivity index (χ1n) is 5.73. The molecule has 5 heteroatoms. The number of sulfone groups is 1. The maximum absolute atomic E-state index is 11.2. The molecule has 0 bridgehead atoms. The van der Waals surface area contributed by atoms with Gasteiger partial charge in [-0.25, -0.2) is 8.42 Å². The predicted octanol–water partition coefficient (Wildman–Crippen LogP) is 1.22. The van der Waals surface area contributed by atoms with Crippen molar-refractivity contribution in [2.24, 2.45) is 0 Å². The molecule has 3 rings (SSSR count). The molecule has 0 saturated carbocycles. The first-order chi connectivity index (χ1) is 7.98. The zero-order valence-corrected chi connectivity index (χ0v) is 10.5. The first-order valence-corrected chi connectivity index (χ1v) is 7.55. The Bertz CT molecular complexity index is 553. The lowest BCUT2D eigenvalue weighted by molar-refractivity contribution is 0.119. The Labute approximate surface area is 101 Å². The zero-order valence-electron chi connectivity index (χ0n) is 9.69. The summed E-state index contributed by atoms with van der Waals surface area (Å²) in [6, 6.07) is 5.88. The summed E-state index contributed by atoms with van der Waals surface area (Å²) in [5, 5.41) is 3.28. The second kappa shape index (κ2) is 3.38. The van der Waals surface area contributed by atoms with E-state index in [0.29, 0.717) is 0 Å². The van der Waals surface area contributed by atoms with E-state index >= 15 is 0 Å². The van der Waals surface area contributed by atoms with Gasteiger partial charge in [0.15, 0.2) is 9.84 Å². The third-order valence-corrected chi connectivity index (χ3v) is 5.33. The number of rotatable bonds is 2. The molecule has 2 aliphatic heterocycles. The van der Waals surface area contributed by atoms with Crippen LogP contribution in [0.5, 0.6) is 5.75 Å². The first kappa shape index (κ1) is 10.9. The third kappa shape index (κ3) is 1.88. The Morgan fingerprint density at radius 3 is 2.82 bits per heavy atom. The van der Waals surface area contributed by atoms with E-state index in [9.17, 15) is 8.42 Å². The Morgan fingerprint density at radius 1 is 1.35 bits per heavy atom. The molecule has 17 heavy (non-hydrogen) atoms. The molecular weight excluding hydrogens is 238 g/mol. The fraction of sp³-hybridized carbons (Fsp3) is 0.500. The van der Waals surface area contributed by atoms with Crippen molar-refractivity contribution >= 4 is 15.5 Å². The second-order valence-electron chi connectivity index (χ2n) is 5.04. The molecule has 1 fully saturated rings. The van der Waals surface area contributed by atoms with Gasteiger partial charge in [0.25, 0.3) is 0 Å². The van der Waals surface area contributed by atoms with E-state index in [2.05, 4.69) is 5.32 Å². The summed E-state index contributed by atoms with van der Waals surface area (Å²) >= 11 is 0. The van der Waals surface area contributed by atoms with Crippen molar-refractivity contribution < 1.29 is 13.2 Å². The highest BCUT2D eigenvalue weighted by Gasteiger charge is 2.47. The van der Waals surface area contributed by atoms with Crippen LogP contribution >= 0.6 is 0 Å². The number of anilines is 1. The molecule has 1 N–H and O–H groups in total. The van der Waals surface area contributed by atoms with E-state index in [1.165, 1.54) is 0 Å². The lowest BCUT2D eigenvalue weighted by Gasteiger charge is -2.38. The van der Waals surface area contributed by atoms with Gasteiger partial charge >= 0.3 is 0 Å². The molecular formula is C12H15NO3S. The lowest BCUT2D eigenvalue weighted by atomic mass is 10.1. The van der Waals surface area contributed by atoms with Gasteiger partial charge in [-0.2, -0.15) is 0 Å². The maximum Gasteiger partial charge on any atom is 0.158 e. The van der Waals surface area contributed by atoms with E-state index in [4.69, 9.17) is 4.74 Å². The van der Waals surface area contributed by atoms with E-state index < -0.39 is 15.4 Å². The Morgan fingerprint density at radius 2 is 2.12 bits per heavy atom. The fourth-order valence-corrected chi connectivity index (χ4v) is 4.51. The number of nitrogens with one attached hydrogen (secondary N) is 1. The predicted molar refractivity (Wildman–Crippen MR) is 66.3 cm³/mol. The van der Waals surface area contributed by atoms with Crippen LogP contribution in [0.4, 0.5) is 5.69 Å². The molecule has 1 saturated heterocycles. The Hall–Kier alpha value is -1.23. The number of ether oxygens (including phenoxy) is 1. The van der Waals surface area contributed by atoms with Crippen molar-refractivity contribution in [2.45, 2.75) is 18.9 Å². The van der Waals surface area contributed by atoms with Crippen LogP contribution in [-0.2, 0) is 16.3 Å². The van der Waals surface area contributed by atoms with Crippen molar-refractivity contribution in [3.63, 3.8) is 0 Å². The average Bonchev–Trinajstić information content (AvgIpc) is 2.62. The van der Waals surface area contributed by atoms with Gasteiger partial charge in [-0.3, -0.25) is 0 Å². The molecule has 4 nitrogen and oxygen atoms in total. The van der Waals surface area contributed by atoms with E-state index in [0.717, 1.165) is 30.0 Å². The average molecular weight is 253 g/mol. The number of hydrogen-bond donors (Lipinski definition) is 1. The minimum Gasteiger partial charge on any atom is -0.485 e. The van der Waals surface area contributed by atoms with Crippen molar-refractivity contribution in [3.05, 3.63) is 23.8 Å². The van der Waals surface area contributed by atoms with Crippen molar-refractivity contribution in [1.82, 2.24) is 0 Å². The van der Waals surface area contributed by atoms with Gasteiger partial charge in [0.1, 0.15) is 11.4 Å². The van der Waals surface area contributed by atoms with Crippen molar-refractivity contribution in [3.8, 4) is 5.75 Å². The van der Waals surface area contributed by atoms with E-state index in [1.807, 2.05) is 25.1 Å². The quantitative estimate of drug-likeness (QED) is 0.861. The summed E-state index contributed by atoms with van der Waals surface area (Å²) in [6.07, 6.45) is 0.939. The van der Waals surface area contributed by atoms with Gasteiger partial charge in [0.2, 0.25) is 0 Å². The van der Waals surface area contributed by atoms with Gasteiger partial charge in [-0.15, -0.1) is 0 Å². The molecule has 0 unspecified atom stereocenters. The van der Waals surface area contributed by atoms with Gasteiger partial charge < -0.3 is 10.1 Å². The number of fused-ring (bicyclic) bond motifs is 1. The van der Waals surface area contributed by atoms with Crippen LogP contribution in [0.2, 0.25) is 0 Å². The molecule has 0 radical (unpaired) electrons. The lowest BCUT2D eigenvalue weighted by Crippen LogP contribution is -2.56. The van der Waals surface area contributed by atoms with Crippen LogP contribution in [0.3, 0.4) is 0 Å². The minimum atomic E-state index is -2.86. The van der Waals surface area contributed by atoms with Gasteiger partial charge in [0, 0.05) is 17.8 Å². The molecule has 2 aliphatic rings. The SMILES string of the molecule is CC1(Oc2cccc3c2CCN3)CS(=O)(=O)C1. The zero-order chi connectivity index (χ0) is 12.1. The minimum absolute atomic E-state index is 0.122. The molecule has 0 spiro atoms. The van der Waals surface area contributed by atoms with Crippen LogP contribution in [-0.4, -0.2) is 32.1 Å². The number of benzene rings is 1. The summed E-state index contributed by atoms with van der Waals surface area (Å²) < 4.78 is 28.4. The van der Waals surface area contributed by atoms with Crippen LogP contribution in [0.15, 0.2) is 18.2 Å². The summed E-state index contributed by atoms with van der Waals surface area (Å²) in [4.78, 5) is 0. The monoisotopic (exact) mass is 253 g/mol. The molecule has 0 amide bonds. The Kier molecular flexibility index (Phi) is 2.17. The van der Waals surface area contributed by atoms with Crippen LogP contribution in [0.1, 0.15) is 12.5 Å². The molecule has 0 aliphatic carbocycles. The normalized spacial score (nSPS) is 23.4. The highest BCUT2D eigenvalue weighted by molar-refractivity contribution is 7.93. The summed E-state index contributed by atoms with van der Waals surface area (Å²) in [7, 11) is -2.86. The smallest absolute Gasteiger partial charge is 0.158 e. The van der Waals surface area contributed by atoms with E-state index in [1.54, 1.807) is 0 Å². The third-order valence-electron chi connectivity index (χ3n) is 3.23. The summed E-state index contributed by atoms with van der Waals surface area (Å²) in [5.74, 6) is 1.07. The fourth-order valence-electron chi connectivity index (χ4n) is 2.62. The second-order valence-corrected chi connectivity index (χ2v) is 7.11. The largest absolute Gasteiger partial charge is 0.485 e. The maximum atomic E-state index is 11.2. The van der Waals surface area contributed by atoms with Gasteiger partial charge in [-0.05, 0) is 25.5 Å². The van der Waals surface area contributed by atoms with Gasteiger partial charge in [-0.1, -0.05) is 6.07 Å². The van der Waals surface area contributed by atoms with Crippen LogP contribution in [0.25, 0.3) is 0 Å². The topological polar surface area (TPSA) is 55.4 Å². The standard InChI is InChI=1S/C12H15NO3S/c1-12(7-17(14,15)8-12)16-11-4-2-3-10-9(11)5-6-13-10/h2-4,13H,5-8H2,1H3. The Balaban J connectivity index is 1.85. The molecule has 0 aromatic heterocycles. The van der Waals surface area contributed by atoms with Gasteiger partial charge in [0.05, 0.1) is 11.5 Å². The van der Waals surface area contributed by atoms with Crippen molar-refractivity contribution in [1.29, 1.82) is 0 Å². The molecule has 1 aromatic carbocycles. The summed E-state index contributed by atoms with van der Waals surface area (Å²) in [5.41, 5.74) is 1.72. The number of hydrogen-bond acceptors (Lipinski definition) is 4.